The Hall–Kier alpha value is -1.69. The number of aryl methyl sites for hydroxylation is 1. The van der Waals surface area contributed by atoms with Crippen molar-refractivity contribution in [2.24, 2.45) is 5.92 Å². The zero-order chi connectivity index (χ0) is 17.1. The third-order valence-corrected chi connectivity index (χ3v) is 5.50. The van der Waals surface area contributed by atoms with Crippen LogP contribution in [0.3, 0.4) is 0 Å². The maximum atomic E-state index is 12.5. The molecular weight excluding hydrogens is 304 g/mol. The Morgan fingerprint density at radius 2 is 1.88 bits per heavy atom. The summed E-state index contributed by atoms with van der Waals surface area (Å²) in [6, 6.07) is 0.0572. The fraction of sp³-hybridized carbons (Fsp3) is 0.722. The van der Waals surface area contributed by atoms with Crippen LogP contribution in [-0.4, -0.2) is 58.0 Å². The monoisotopic (exact) mass is 332 g/mol. The van der Waals surface area contributed by atoms with E-state index in [1.165, 1.54) is 0 Å². The van der Waals surface area contributed by atoms with Gasteiger partial charge in [0, 0.05) is 31.9 Å². The topological polar surface area (TPSA) is 58.4 Å². The first kappa shape index (κ1) is 17.1. The van der Waals surface area contributed by atoms with Gasteiger partial charge in [-0.3, -0.25) is 19.1 Å². The molecule has 2 aliphatic rings. The van der Waals surface area contributed by atoms with E-state index in [9.17, 15) is 9.59 Å². The lowest BCUT2D eigenvalue weighted by atomic mass is 9.94. The first-order valence-electron chi connectivity index (χ1n) is 9.06. The second-order valence-corrected chi connectivity index (χ2v) is 7.28. The zero-order valence-corrected chi connectivity index (χ0v) is 14.8. The molecule has 0 bridgehead atoms. The van der Waals surface area contributed by atoms with Crippen LogP contribution in [0, 0.1) is 12.8 Å². The van der Waals surface area contributed by atoms with Crippen LogP contribution < -0.4 is 5.56 Å². The molecule has 1 atom stereocenters. The number of nitrogens with zero attached hydrogens (tertiary/aromatic N) is 4. The van der Waals surface area contributed by atoms with Crippen LogP contribution in [0.5, 0.6) is 0 Å². The van der Waals surface area contributed by atoms with E-state index in [-0.39, 0.29) is 17.5 Å². The second-order valence-electron chi connectivity index (χ2n) is 7.28. The van der Waals surface area contributed by atoms with Gasteiger partial charge in [-0.05, 0) is 58.0 Å². The molecule has 2 aliphatic heterocycles. The largest absolute Gasteiger partial charge is 0.344 e. The van der Waals surface area contributed by atoms with Crippen LogP contribution in [0.25, 0.3) is 0 Å². The summed E-state index contributed by atoms with van der Waals surface area (Å²) in [7, 11) is 1.92. The van der Waals surface area contributed by atoms with Crippen molar-refractivity contribution < 1.29 is 4.79 Å². The Labute approximate surface area is 143 Å². The molecule has 1 aromatic rings. The predicted molar refractivity (Wildman–Crippen MR) is 92.8 cm³/mol. The van der Waals surface area contributed by atoms with Crippen LogP contribution in [0.4, 0.5) is 0 Å². The van der Waals surface area contributed by atoms with Gasteiger partial charge in [-0.2, -0.15) is 0 Å². The van der Waals surface area contributed by atoms with E-state index in [0.717, 1.165) is 58.3 Å². The molecule has 0 radical (unpaired) electrons. The van der Waals surface area contributed by atoms with Gasteiger partial charge in [0.15, 0.2) is 0 Å². The summed E-state index contributed by atoms with van der Waals surface area (Å²) >= 11 is 0. The Kier molecular flexibility index (Phi) is 5.33. The van der Waals surface area contributed by atoms with Crippen LogP contribution in [0.1, 0.15) is 37.7 Å². The van der Waals surface area contributed by atoms with Crippen molar-refractivity contribution in [3.05, 3.63) is 28.4 Å². The van der Waals surface area contributed by atoms with Crippen LogP contribution in [0.2, 0.25) is 0 Å². The highest BCUT2D eigenvalue weighted by atomic mass is 16.2. The van der Waals surface area contributed by atoms with E-state index in [1.807, 2.05) is 18.9 Å². The molecule has 0 aromatic carbocycles. The molecule has 2 fully saturated rings. The highest BCUT2D eigenvalue weighted by Crippen LogP contribution is 2.24. The number of rotatable bonds is 3. The Morgan fingerprint density at radius 3 is 2.62 bits per heavy atom. The summed E-state index contributed by atoms with van der Waals surface area (Å²) in [5, 5.41) is 0. The third-order valence-electron chi connectivity index (χ3n) is 5.50. The number of likely N-dealkylation sites (tertiary alicyclic amines) is 2. The molecule has 6 nitrogen and oxygen atoms in total. The Bertz CT molecular complexity index is 634. The second kappa shape index (κ2) is 7.47. The lowest BCUT2D eigenvalue weighted by Gasteiger charge is -2.37. The molecule has 1 unspecified atom stereocenters. The van der Waals surface area contributed by atoms with Gasteiger partial charge in [-0.15, -0.1) is 0 Å². The minimum atomic E-state index is 0.0572. The fourth-order valence-corrected chi connectivity index (χ4v) is 3.93. The highest BCUT2D eigenvalue weighted by Gasteiger charge is 2.32. The number of carbonyl (C=O) groups excluding carboxylic acids is 1. The molecule has 1 aromatic heterocycles. The lowest BCUT2D eigenvalue weighted by molar-refractivity contribution is -0.135. The van der Waals surface area contributed by atoms with E-state index in [1.54, 1.807) is 17.1 Å². The van der Waals surface area contributed by atoms with E-state index in [4.69, 9.17) is 0 Å². The zero-order valence-electron chi connectivity index (χ0n) is 14.8. The number of hydrogen-bond acceptors (Lipinski definition) is 4. The van der Waals surface area contributed by atoms with Crippen LogP contribution in [0.15, 0.2) is 17.3 Å². The summed E-state index contributed by atoms with van der Waals surface area (Å²) in [4.78, 5) is 33.0. The maximum Gasteiger partial charge on any atom is 0.256 e. The minimum Gasteiger partial charge on any atom is -0.344 e. The van der Waals surface area contributed by atoms with Crippen molar-refractivity contribution in [1.29, 1.82) is 0 Å². The van der Waals surface area contributed by atoms with Crippen LogP contribution in [-0.2, 0) is 11.3 Å². The average molecular weight is 332 g/mol. The normalized spacial score (nSPS) is 24.2. The van der Waals surface area contributed by atoms with Crippen LogP contribution >= 0.6 is 0 Å². The van der Waals surface area contributed by atoms with Crippen molar-refractivity contribution in [1.82, 2.24) is 19.4 Å². The van der Waals surface area contributed by atoms with Gasteiger partial charge in [-0.1, -0.05) is 0 Å². The molecular formula is C18H28N4O2. The molecule has 24 heavy (non-hydrogen) atoms. The maximum absolute atomic E-state index is 12.5. The van der Waals surface area contributed by atoms with Gasteiger partial charge < -0.3 is 4.90 Å². The predicted octanol–water partition coefficient (Wildman–Crippen LogP) is 1.27. The fourth-order valence-electron chi connectivity index (χ4n) is 3.93. The van der Waals surface area contributed by atoms with Crippen molar-refractivity contribution in [2.45, 2.75) is 51.6 Å². The van der Waals surface area contributed by atoms with E-state index < -0.39 is 0 Å². The molecule has 0 aliphatic carbocycles. The molecule has 132 valence electrons. The van der Waals surface area contributed by atoms with E-state index in [0.29, 0.717) is 11.5 Å². The molecule has 2 saturated heterocycles. The summed E-state index contributed by atoms with van der Waals surface area (Å²) in [5.74, 6) is 0.770. The summed E-state index contributed by atoms with van der Waals surface area (Å²) < 4.78 is 1.74. The van der Waals surface area contributed by atoms with E-state index in [2.05, 4.69) is 9.88 Å². The highest BCUT2D eigenvalue weighted by molar-refractivity contribution is 5.81. The third kappa shape index (κ3) is 3.69. The summed E-state index contributed by atoms with van der Waals surface area (Å²) in [6.45, 7) is 5.32. The quantitative estimate of drug-likeness (QED) is 0.836. The number of carbonyl (C=O) groups is 1. The first-order valence-corrected chi connectivity index (χ1v) is 9.06. The van der Waals surface area contributed by atoms with Gasteiger partial charge in [0.1, 0.15) is 0 Å². The van der Waals surface area contributed by atoms with Gasteiger partial charge >= 0.3 is 0 Å². The smallest absolute Gasteiger partial charge is 0.256 e. The molecule has 1 amide bonds. The number of likely N-dealkylation sites (N-methyl/N-ethyl adjacent to an activating group) is 1. The van der Waals surface area contributed by atoms with Crippen molar-refractivity contribution in [2.75, 3.05) is 26.7 Å². The molecule has 0 saturated carbocycles. The van der Waals surface area contributed by atoms with Gasteiger partial charge in [-0.25, -0.2) is 4.98 Å². The number of piperidine rings is 1. The minimum absolute atomic E-state index is 0.0572. The SMILES string of the molecule is Cc1cncn(CC2CCN(C3CCCCN(C)C3=O)CC2)c1=O. The average Bonchev–Trinajstić information content (AvgIpc) is 2.75. The first-order chi connectivity index (χ1) is 11.6. The van der Waals surface area contributed by atoms with Crippen molar-refractivity contribution >= 4 is 5.91 Å². The molecule has 3 rings (SSSR count). The Morgan fingerprint density at radius 1 is 1.12 bits per heavy atom. The molecule has 6 heteroatoms. The van der Waals surface area contributed by atoms with Gasteiger partial charge in [0.05, 0.1) is 12.4 Å². The molecule has 0 N–H and O–H groups in total. The summed E-state index contributed by atoms with van der Waals surface area (Å²) in [5.41, 5.74) is 0.759. The van der Waals surface area contributed by atoms with Crippen molar-refractivity contribution in [3.8, 4) is 0 Å². The molecule has 3 heterocycles. The molecule has 0 spiro atoms. The van der Waals surface area contributed by atoms with Gasteiger partial charge in [0.2, 0.25) is 5.91 Å². The van der Waals surface area contributed by atoms with E-state index >= 15 is 0 Å². The number of amides is 1. The summed E-state index contributed by atoms with van der Waals surface area (Å²) in [6.07, 6.45) is 8.56. The number of aromatic nitrogens is 2. The standard InChI is InChI=1S/C18H28N4O2/c1-14-11-19-13-22(17(14)23)12-15-6-9-21(10-7-15)16-5-3-4-8-20(2)18(16)24/h11,13,15-16H,3-10,12H2,1-2H3. The van der Waals surface area contributed by atoms with Gasteiger partial charge in [0.25, 0.3) is 5.56 Å². The number of hydrogen-bond donors (Lipinski definition) is 0. The van der Waals surface area contributed by atoms with Crippen molar-refractivity contribution in [3.63, 3.8) is 0 Å². The Balaban J connectivity index is 1.58. The lowest BCUT2D eigenvalue weighted by Crippen LogP contribution is -2.49.